The van der Waals surface area contributed by atoms with Crippen LogP contribution in [0.25, 0.3) is 0 Å². The molecule has 0 bridgehead atoms. The Labute approximate surface area is 159 Å². The number of likely N-dealkylation sites (tertiary alicyclic amines) is 1. The lowest BCUT2D eigenvalue weighted by Gasteiger charge is -2.28. The lowest BCUT2D eigenvalue weighted by atomic mass is 9.89. The van der Waals surface area contributed by atoms with Gasteiger partial charge in [-0.15, -0.1) is 0 Å². The van der Waals surface area contributed by atoms with E-state index in [4.69, 9.17) is 4.74 Å². The van der Waals surface area contributed by atoms with Crippen LogP contribution < -0.4 is 10.1 Å². The van der Waals surface area contributed by atoms with E-state index in [1.165, 1.54) is 6.07 Å². The first-order valence-electron chi connectivity index (χ1n) is 9.54. The number of methoxy groups -OCH3 is 1. The summed E-state index contributed by atoms with van der Waals surface area (Å²) in [6.07, 6.45) is 1.13. The van der Waals surface area contributed by atoms with Crippen LogP contribution in [0.3, 0.4) is 0 Å². The Morgan fingerprint density at radius 1 is 1.22 bits per heavy atom. The van der Waals surface area contributed by atoms with Crippen molar-refractivity contribution in [1.29, 1.82) is 0 Å². The zero-order valence-electron chi connectivity index (χ0n) is 15.5. The minimum absolute atomic E-state index is 0.0430. The number of benzene rings is 2. The highest BCUT2D eigenvalue weighted by molar-refractivity contribution is 5.77. The van der Waals surface area contributed by atoms with Gasteiger partial charge in [-0.25, -0.2) is 4.39 Å². The average molecular weight is 368 g/mol. The molecule has 2 aliphatic rings. The molecule has 0 unspecified atom stereocenters. The number of carbonyl (C=O) groups is 1. The van der Waals surface area contributed by atoms with E-state index in [1.54, 1.807) is 19.2 Å². The fourth-order valence-corrected chi connectivity index (χ4v) is 4.52. The molecule has 4 nitrogen and oxygen atoms in total. The van der Waals surface area contributed by atoms with E-state index in [9.17, 15) is 9.18 Å². The van der Waals surface area contributed by atoms with E-state index in [2.05, 4.69) is 5.32 Å². The summed E-state index contributed by atoms with van der Waals surface area (Å²) in [6, 6.07) is 14.5. The summed E-state index contributed by atoms with van der Waals surface area (Å²) < 4.78 is 19.1. The van der Waals surface area contributed by atoms with Crippen LogP contribution >= 0.6 is 0 Å². The Kier molecular flexibility index (Phi) is 5.12. The number of hydrogen-bond donors (Lipinski definition) is 1. The molecular weight excluding hydrogens is 343 g/mol. The van der Waals surface area contributed by atoms with Crippen molar-refractivity contribution >= 4 is 5.91 Å². The van der Waals surface area contributed by atoms with Crippen molar-refractivity contribution < 1.29 is 13.9 Å². The zero-order chi connectivity index (χ0) is 18.8. The predicted molar refractivity (Wildman–Crippen MR) is 102 cm³/mol. The normalized spacial score (nSPS) is 24.1. The molecule has 0 spiro atoms. The van der Waals surface area contributed by atoms with Crippen LogP contribution in [0.1, 0.15) is 23.6 Å². The van der Waals surface area contributed by atoms with Crippen LogP contribution in [0, 0.1) is 17.7 Å². The van der Waals surface area contributed by atoms with Crippen molar-refractivity contribution in [3.63, 3.8) is 0 Å². The van der Waals surface area contributed by atoms with Crippen LogP contribution in [0.4, 0.5) is 4.39 Å². The van der Waals surface area contributed by atoms with Crippen LogP contribution in [-0.2, 0) is 11.2 Å². The number of fused-ring (bicyclic) bond motifs is 1. The molecule has 0 aliphatic carbocycles. The lowest BCUT2D eigenvalue weighted by molar-refractivity contribution is -0.132. The molecule has 1 amide bonds. The highest BCUT2D eigenvalue weighted by Crippen LogP contribution is 2.43. The number of hydrogen-bond acceptors (Lipinski definition) is 3. The van der Waals surface area contributed by atoms with E-state index in [0.29, 0.717) is 24.7 Å². The van der Waals surface area contributed by atoms with Gasteiger partial charge in [0.1, 0.15) is 11.6 Å². The molecule has 2 aromatic rings. The number of amides is 1. The number of rotatable bonds is 5. The van der Waals surface area contributed by atoms with Crippen molar-refractivity contribution in [2.75, 3.05) is 26.7 Å². The molecule has 4 rings (SSSR count). The van der Waals surface area contributed by atoms with Crippen molar-refractivity contribution in [3.05, 3.63) is 65.5 Å². The van der Waals surface area contributed by atoms with E-state index < -0.39 is 0 Å². The Morgan fingerprint density at radius 2 is 2.07 bits per heavy atom. The minimum atomic E-state index is -0.245. The fraction of sp³-hybridized carbons (Fsp3) is 0.409. The highest BCUT2D eigenvalue weighted by atomic mass is 19.1. The molecule has 2 fully saturated rings. The summed E-state index contributed by atoms with van der Waals surface area (Å²) in [7, 11) is 1.64. The molecule has 27 heavy (non-hydrogen) atoms. The second-order valence-corrected chi connectivity index (χ2v) is 7.48. The fourth-order valence-electron chi connectivity index (χ4n) is 4.52. The third-order valence-corrected chi connectivity index (χ3v) is 5.84. The summed E-state index contributed by atoms with van der Waals surface area (Å²) in [5.74, 6) is 1.50. The SMILES string of the molecule is COc1cccc(CCC(=O)N2C[C@@H]3CNC[C@@H]3[C@H]2c2cccc(F)c2)c1. The van der Waals surface area contributed by atoms with Gasteiger partial charge >= 0.3 is 0 Å². The van der Waals surface area contributed by atoms with Gasteiger partial charge < -0.3 is 15.0 Å². The number of halogens is 1. The van der Waals surface area contributed by atoms with Gasteiger partial charge in [-0.2, -0.15) is 0 Å². The van der Waals surface area contributed by atoms with E-state index in [-0.39, 0.29) is 17.8 Å². The first-order valence-corrected chi connectivity index (χ1v) is 9.54. The summed E-state index contributed by atoms with van der Waals surface area (Å²) >= 11 is 0. The van der Waals surface area contributed by atoms with Crippen molar-refractivity contribution in [3.8, 4) is 5.75 Å². The quantitative estimate of drug-likeness (QED) is 0.881. The third-order valence-electron chi connectivity index (χ3n) is 5.84. The van der Waals surface area contributed by atoms with Gasteiger partial charge in [-0.1, -0.05) is 24.3 Å². The van der Waals surface area contributed by atoms with Gasteiger partial charge in [0.25, 0.3) is 0 Å². The minimum Gasteiger partial charge on any atom is -0.497 e. The van der Waals surface area contributed by atoms with Gasteiger partial charge in [-0.3, -0.25) is 4.79 Å². The summed E-state index contributed by atoms with van der Waals surface area (Å²) in [5, 5.41) is 3.42. The summed E-state index contributed by atoms with van der Waals surface area (Å²) in [6.45, 7) is 2.55. The van der Waals surface area contributed by atoms with Crippen LogP contribution in [-0.4, -0.2) is 37.6 Å². The molecule has 142 valence electrons. The Hall–Kier alpha value is -2.40. The monoisotopic (exact) mass is 368 g/mol. The van der Waals surface area contributed by atoms with E-state index >= 15 is 0 Å². The molecule has 0 radical (unpaired) electrons. The molecule has 2 heterocycles. The molecular formula is C22H25FN2O2. The number of aryl methyl sites for hydroxylation is 1. The second-order valence-electron chi connectivity index (χ2n) is 7.48. The third kappa shape index (κ3) is 3.69. The Balaban J connectivity index is 1.51. The Morgan fingerprint density at radius 3 is 2.89 bits per heavy atom. The maximum atomic E-state index is 13.8. The maximum absolute atomic E-state index is 13.8. The first kappa shape index (κ1) is 18.0. The molecule has 2 saturated heterocycles. The average Bonchev–Trinajstić information content (AvgIpc) is 3.27. The van der Waals surface area contributed by atoms with Crippen LogP contribution in [0.15, 0.2) is 48.5 Å². The van der Waals surface area contributed by atoms with Gasteiger partial charge in [0.05, 0.1) is 13.2 Å². The summed E-state index contributed by atoms with van der Waals surface area (Å²) in [5.41, 5.74) is 1.99. The topological polar surface area (TPSA) is 41.6 Å². The molecule has 1 N–H and O–H groups in total. The number of nitrogens with one attached hydrogen (secondary N) is 1. The molecule has 3 atom stereocenters. The Bertz CT molecular complexity index is 825. The largest absolute Gasteiger partial charge is 0.497 e. The van der Waals surface area contributed by atoms with Gasteiger partial charge in [0, 0.05) is 32.0 Å². The smallest absolute Gasteiger partial charge is 0.223 e. The highest BCUT2D eigenvalue weighted by Gasteiger charge is 2.46. The molecule has 0 aromatic heterocycles. The zero-order valence-corrected chi connectivity index (χ0v) is 15.5. The van der Waals surface area contributed by atoms with Crippen LogP contribution in [0.2, 0.25) is 0 Å². The van der Waals surface area contributed by atoms with Crippen molar-refractivity contribution in [2.24, 2.45) is 11.8 Å². The van der Waals surface area contributed by atoms with Gasteiger partial charge in [0.2, 0.25) is 5.91 Å². The second kappa shape index (κ2) is 7.69. The van der Waals surface area contributed by atoms with Crippen LogP contribution in [0.5, 0.6) is 5.75 Å². The van der Waals surface area contributed by atoms with Crippen molar-refractivity contribution in [2.45, 2.75) is 18.9 Å². The van der Waals surface area contributed by atoms with Gasteiger partial charge in [0.15, 0.2) is 0 Å². The predicted octanol–water partition coefficient (Wildman–Crippen LogP) is 3.19. The first-order chi connectivity index (χ1) is 13.2. The maximum Gasteiger partial charge on any atom is 0.223 e. The van der Waals surface area contributed by atoms with E-state index in [0.717, 1.165) is 36.5 Å². The summed E-state index contributed by atoms with van der Waals surface area (Å²) in [4.78, 5) is 15.0. The molecule has 5 heteroatoms. The number of ether oxygens (including phenoxy) is 1. The van der Waals surface area contributed by atoms with Crippen molar-refractivity contribution in [1.82, 2.24) is 10.2 Å². The number of nitrogens with zero attached hydrogens (tertiary/aromatic N) is 1. The molecule has 2 aliphatic heterocycles. The standard InChI is InChI=1S/C22H25FN2O2/c1-27-19-7-2-4-15(10-19)8-9-21(26)25-14-17-12-24-13-20(17)22(25)16-5-3-6-18(23)11-16/h2-7,10-11,17,20,22,24H,8-9,12-14H2,1H3/t17-,20-,22+/m0/s1. The van der Waals surface area contributed by atoms with E-state index in [1.807, 2.05) is 35.2 Å². The lowest BCUT2D eigenvalue weighted by Crippen LogP contribution is -2.34. The molecule has 0 saturated carbocycles. The molecule has 2 aromatic carbocycles. The van der Waals surface area contributed by atoms with Gasteiger partial charge in [-0.05, 0) is 47.7 Å². The number of carbonyl (C=O) groups excluding carboxylic acids is 1.